The smallest absolute Gasteiger partial charge is 0.235 e. The van der Waals surface area contributed by atoms with Gasteiger partial charge in [0.25, 0.3) is 0 Å². The zero-order valence-corrected chi connectivity index (χ0v) is 17.1. The minimum Gasteiger partial charge on any atom is -0.494 e. The summed E-state index contributed by atoms with van der Waals surface area (Å²) in [6, 6.07) is 16.1. The molecular weight excluding hydrogens is 370 g/mol. The Bertz CT molecular complexity index is 962. The molecule has 2 aromatic carbocycles. The fourth-order valence-electron chi connectivity index (χ4n) is 3.59. The predicted octanol–water partition coefficient (Wildman–Crippen LogP) is 4.53. The molecule has 1 aliphatic rings. The lowest BCUT2D eigenvalue weighted by Gasteiger charge is -2.20. The molecule has 5 nitrogen and oxygen atoms in total. The zero-order valence-electron chi connectivity index (χ0n) is 16.3. The largest absolute Gasteiger partial charge is 0.494 e. The van der Waals surface area contributed by atoms with Crippen molar-refractivity contribution in [3.8, 4) is 11.4 Å². The molecule has 28 heavy (non-hydrogen) atoms. The number of carbonyl (C=O) groups excluding carboxylic acids is 1. The molecule has 0 saturated carbocycles. The summed E-state index contributed by atoms with van der Waals surface area (Å²) in [6.07, 6.45) is 2.21. The highest BCUT2D eigenvalue weighted by molar-refractivity contribution is 8.00. The molecule has 0 N–H and O–H groups in total. The van der Waals surface area contributed by atoms with Crippen LogP contribution < -0.4 is 4.74 Å². The van der Waals surface area contributed by atoms with E-state index in [0.29, 0.717) is 6.61 Å². The van der Waals surface area contributed by atoms with Gasteiger partial charge in [-0.25, -0.2) is 4.98 Å². The summed E-state index contributed by atoms with van der Waals surface area (Å²) in [5, 5.41) is 0.668. The van der Waals surface area contributed by atoms with Crippen molar-refractivity contribution in [2.75, 3.05) is 19.7 Å². The van der Waals surface area contributed by atoms with E-state index in [1.54, 1.807) is 0 Å². The first kappa shape index (κ1) is 18.9. The number of aromatic nitrogens is 2. The van der Waals surface area contributed by atoms with Gasteiger partial charge in [-0.15, -0.1) is 0 Å². The van der Waals surface area contributed by atoms with Gasteiger partial charge in [-0.2, -0.15) is 0 Å². The van der Waals surface area contributed by atoms with Crippen LogP contribution in [0.4, 0.5) is 0 Å². The van der Waals surface area contributed by atoms with Crippen molar-refractivity contribution in [1.82, 2.24) is 14.5 Å². The molecule has 1 saturated heterocycles. The van der Waals surface area contributed by atoms with Crippen LogP contribution in [-0.2, 0) is 4.79 Å². The van der Waals surface area contributed by atoms with Crippen molar-refractivity contribution in [3.63, 3.8) is 0 Å². The zero-order chi connectivity index (χ0) is 19.5. The monoisotopic (exact) mass is 395 g/mol. The molecule has 1 aromatic heterocycles. The van der Waals surface area contributed by atoms with E-state index in [1.807, 2.05) is 61.2 Å². The standard InChI is InChI=1S/C22H25N3O2S/c1-3-27-18-12-10-17(11-13-18)25-20-9-5-4-8-19(20)23-22(25)28-16(2)21(26)24-14-6-7-15-24/h4-5,8-13,16H,3,6-7,14-15H2,1-2H3. The summed E-state index contributed by atoms with van der Waals surface area (Å²) in [6.45, 7) is 6.35. The molecule has 1 unspecified atom stereocenters. The van der Waals surface area contributed by atoms with Gasteiger partial charge in [0.1, 0.15) is 5.75 Å². The van der Waals surface area contributed by atoms with E-state index in [9.17, 15) is 4.79 Å². The molecule has 1 aliphatic heterocycles. The second-order valence-electron chi connectivity index (χ2n) is 6.94. The number of fused-ring (bicyclic) bond motifs is 1. The Balaban J connectivity index is 1.67. The average molecular weight is 396 g/mol. The molecule has 0 spiro atoms. The molecule has 1 fully saturated rings. The van der Waals surface area contributed by atoms with Crippen LogP contribution in [0.15, 0.2) is 53.7 Å². The summed E-state index contributed by atoms with van der Waals surface area (Å²) in [4.78, 5) is 19.6. The van der Waals surface area contributed by atoms with Gasteiger partial charge in [0, 0.05) is 18.8 Å². The van der Waals surface area contributed by atoms with E-state index in [-0.39, 0.29) is 11.2 Å². The van der Waals surface area contributed by atoms with Crippen molar-refractivity contribution in [2.24, 2.45) is 0 Å². The maximum absolute atomic E-state index is 12.8. The van der Waals surface area contributed by atoms with E-state index in [0.717, 1.165) is 53.6 Å². The lowest BCUT2D eigenvalue weighted by Crippen LogP contribution is -2.34. The second kappa shape index (κ2) is 8.27. The third-order valence-electron chi connectivity index (χ3n) is 4.98. The van der Waals surface area contributed by atoms with Crippen molar-refractivity contribution >= 4 is 28.7 Å². The highest BCUT2D eigenvalue weighted by Gasteiger charge is 2.26. The lowest BCUT2D eigenvalue weighted by atomic mass is 10.2. The van der Waals surface area contributed by atoms with Crippen LogP contribution in [0.25, 0.3) is 16.7 Å². The van der Waals surface area contributed by atoms with Gasteiger partial charge in [0.05, 0.1) is 22.9 Å². The average Bonchev–Trinajstić information content (AvgIpc) is 3.36. The number of carbonyl (C=O) groups is 1. The number of amides is 1. The van der Waals surface area contributed by atoms with Gasteiger partial charge in [0.15, 0.2) is 5.16 Å². The summed E-state index contributed by atoms with van der Waals surface area (Å²) < 4.78 is 7.70. The van der Waals surface area contributed by atoms with E-state index >= 15 is 0 Å². The number of benzene rings is 2. The Morgan fingerprint density at radius 3 is 2.57 bits per heavy atom. The van der Waals surface area contributed by atoms with Crippen molar-refractivity contribution in [3.05, 3.63) is 48.5 Å². The van der Waals surface area contributed by atoms with Gasteiger partial charge >= 0.3 is 0 Å². The first-order valence-electron chi connectivity index (χ1n) is 9.83. The summed E-state index contributed by atoms with van der Waals surface area (Å²) >= 11 is 1.53. The number of likely N-dealkylation sites (tertiary alicyclic amines) is 1. The van der Waals surface area contributed by atoms with Crippen LogP contribution in [0.3, 0.4) is 0 Å². The number of rotatable bonds is 6. The molecule has 2 heterocycles. The Labute approximate surface area is 169 Å². The van der Waals surface area contributed by atoms with Gasteiger partial charge in [0.2, 0.25) is 5.91 Å². The maximum Gasteiger partial charge on any atom is 0.235 e. The molecule has 0 bridgehead atoms. The third-order valence-corrected chi connectivity index (χ3v) is 6.02. The minimum atomic E-state index is -0.170. The van der Waals surface area contributed by atoms with Crippen molar-refractivity contribution in [2.45, 2.75) is 37.1 Å². The first-order chi connectivity index (χ1) is 13.7. The molecule has 4 rings (SSSR count). The number of hydrogen-bond acceptors (Lipinski definition) is 4. The SMILES string of the molecule is CCOc1ccc(-n2c(SC(C)C(=O)N3CCCC3)nc3ccccc32)cc1. The molecule has 1 atom stereocenters. The van der Waals surface area contributed by atoms with Crippen LogP contribution in [0.2, 0.25) is 0 Å². The topological polar surface area (TPSA) is 47.4 Å². The van der Waals surface area contributed by atoms with Gasteiger partial charge in [-0.3, -0.25) is 9.36 Å². The number of imidazole rings is 1. The number of hydrogen-bond donors (Lipinski definition) is 0. The van der Waals surface area contributed by atoms with Crippen molar-refractivity contribution in [1.29, 1.82) is 0 Å². The van der Waals surface area contributed by atoms with E-state index < -0.39 is 0 Å². The molecule has 0 aliphatic carbocycles. The molecule has 6 heteroatoms. The van der Waals surface area contributed by atoms with Gasteiger partial charge in [-0.05, 0) is 63.1 Å². The second-order valence-corrected chi connectivity index (χ2v) is 8.25. The summed E-state index contributed by atoms with van der Waals surface area (Å²) in [7, 11) is 0. The fourth-order valence-corrected chi connectivity index (χ4v) is 4.62. The lowest BCUT2D eigenvalue weighted by molar-refractivity contribution is -0.129. The normalized spacial score (nSPS) is 15.1. The van der Waals surface area contributed by atoms with Crippen LogP contribution in [0, 0.1) is 0 Å². The molecule has 3 aromatic rings. The number of para-hydroxylation sites is 2. The molecule has 146 valence electrons. The van der Waals surface area contributed by atoms with Crippen LogP contribution in [0.1, 0.15) is 26.7 Å². The van der Waals surface area contributed by atoms with Gasteiger partial charge in [-0.1, -0.05) is 23.9 Å². The molecule has 1 amide bonds. The predicted molar refractivity (Wildman–Crippen MR) is 113 cm³/mol. The van der Waals surface area contributed by atoms with E-state index in [2.05, 4.69) is 10.6 Å². The molecule has 0 radical (unpaired) electrons. The summed E-state index contributed by atoms with van der Waals surface area (Å²) in [5.41, 5.74) is 2.98. The van der Waals surface area contributed by atoms with Gasteiger partial charge < -0.3 is 9.64 Å². The van der Waals surface area contributed by atoms with E-state index in [1.165, 1.54) is 11.8 Å². The highest BCUT2D eigenvalue weighted by Crippen LogP contribution is 2.32. The number of nitrogens with zero attached hydrogens (tertiary/aromatic N) is 3. The number of thioether (sulfide) groups is 1. The van der Waals surface area contributed by atoms with Crippen molar-refractivity contribution < 1.29 is 9.53 Å². The summed E-state index contributed by atoms with van der Waals surface area (Å²) in [5.74, 6) is 1.05. The Hall–Kier alpha value is -2.47. The van der Waals surface area contributed by atoms with Crippen LogP contribution in [-0.4, -0.2) is 45.3 Å². The Morgan fingerprint density at radius 1 is 1.14 bits per heavy atom. The fraction of sp³-hybridized carbons (Fsp3) is 0.364. The highest BCUT2D eigenvalue weighted by atomic mass is 32.2. The molecular formula is C22H25N3O2S. The Morgan fingerprint density at radius 2 is 1.86 bits per heavy atom. The maximum atomic E-state index is 12.8. The third kappa shape index (κ3) is 3.74. The quantitative estimate of drug-likeness (QED) is 0.576. The van der Waals surface area contributed by atoms with Crippen LogP contribution in [0.5, 0.6) is 5.75 Å². The minimum absolute atomic E-state index is 0.170. The van der Waals surface area contributed by atoms with E-state index in [4.69, 9.17) is 9.72 Å². The van der Waals surface area contributed by atoms with Crippen LogP contribution >= 0.6 is 11.8 Å². The number of ether oxygens (including phenoxy) is 1. The first-order valence-corrected chi connectivity index (χ1v) is 10.7. The Kier molecular flexibility index (Phi) is 5.57.